The van der Waals surface area contributed by atoms with Gasteiger partial charge in [0.2, 0.25) is 0 Å². The van der Waals surface area contributed by atoms with E-state index in [2.05, 4.69) is 10.1 Å². The van der Waals surface area contributed by atoms with Crippen LogP contribution in [0.3, 0.4) is 0 Å². The van der Waals surface area contributed by atoms with Gasteiger partial charge in [-0.2, -0.15) is 5.10 Å². The monoisotopic (exact) mass is 384 g/mol. The molecule has 0 radical (unpaired) electrons. The Kier molecular flexibility index (Phi) is 4.26. The van der Waals surface area contributed by atoms with Crippen molar-refractivity contribution in [1.29, 1.82) is 0 Å². The van der Waals surface area contributed by atoms with Crippen molar-refractivity contribution in [1.82, 2.24) is 19.3 Å². The molecule has 0 saturated heterocycles. The molecule has 6 nitrogen and oxygen atoms in total. The highest BCUT2D eigenvalue weighted by Gasteiger charge is 2.25. The highest BCUT2D eigenvalue weighted by atomic mass is 19.1. The number of imidazole rings is 1. The van der Waals surface area contributed by atoms with E-state index >= 15 is 0 Å². The third kappa shape index (κ3) is 2.60. The van der Waals surface area contributed by atoms with Crippen LogP contribution in [0.25, 0.3) is 28.0 Å². The van der Waals surface area contributed by atoms with E-state index in [0.717, 1.165) is 12.1 Å². The molecule has 0 saturated carbocycles. The van der Waals surface area contributed by atoms with Crippen LogP contribution in [0.15, 0.2) is 36.7 Å². The SMILES string of the molecule is COc1cc(F)c(-c2c(C)nn(C)c2-n2cnc3cccc(OC)c32)c(F)c1. The van der Waals surface area contributed by atoms with Crippen LogP contribution >= 0.6 is 0 Å². The van der Waals surface area contributed by atoms with Crippen LogP contribution in [0.4, 0.5) is 8.78 Å². The van der Waals surface area contributed by atoms with Gasteiger partial charge in [0.15, 0.2) is 0 Å². The first-order valence-corrected chi connectivity index (χ1v) is 8.53. The number of hydrogen-bond donors (Lipinski definition) is 0. The molecule has 0 aliphatic heterocycles. The van der Waals surface area contributed by atoms with Crippen molar-refractivity contribution in [3.05, 3.63) is 54.0 Å². The van der Waals surface area contributed by atoms with Crippen molar-refractivity contribution in [2.24, 2.45) is 7.05 Å². The highest BCUT2D eigenvalue weighted by Crippen LogP contribution is 2.38. The second-order valence-electron chi connectivity index (χ2n) is 6.32. The van der Waals surface area contributed by atoms with Crippen LogP contribution < -0.4 is 9.47 Å². The lowest BCUT2D eigenvalue weighted by Gasteiger charge is -2.13. The molecule has 0 N–H and O–H groups in total. The van der Waals surface area contributed by atoms with Gasteiger partial charge in [0.05, 0.1) is 36.6 Å². The molecule has 0 aliphatic rings. The van der Waals surface area contributed by atoms with Gasteiger partial charge in [0.25, 0.3) is 0 Å². The molecule has 0 bridgehead atoms. The summed E-state index contributed by atoms with van der Waals surface area (Å²) in [6.07, 6.45) is 1.59. The lowest BCUT2D eigenvalue weighted by atomic mass is 10.0. The third-order valence-electron chi connectivity index (χ3n) is 4.67. The average molecular weight is 384 g/mol. The van der Waals surface area contributed by atoms with Gasteiger partial charge in [-0.1, -0.05) is 6.07 Å². The maximum atomic E-state index is 14.8. The lowest BCUT2D eigenvalue weighted by molar-refractivity contribution is 0.407. The van der Waals surface area contributed by atoms with E-state index in [9.17, 15) is 8.78 Å². The van der Waals surface area contributed by atoms with E-state index < -0.39 is 11.6 Å². The van der Waals surface area contributed by atoms with Crippen LogP contribution in [0.2, 0.25) is 0 Å². The van der Waals surface area contributed by atoms with Crippen molar-refractivity contribution < 1.29 is 18.3 Å². The number of aromatic nitrogens is 4. The lowest BCUT2D eigenvalue weighted by Crippen LogP contribution is -2.05. The number of nitrogens with zero attached hydrogens (tertiary/aromatic N) is 4. The van der Waals surface area contributed by atoms with E-state index in [1.165, 1.54) is 7.11 Å². The van der Waals surface area contributed by atoms with E-state index in [4.69, 9.17) is 9.47 Å². The van der Waals surface area contributed by atoms with Gasteiger partial charge in [0, 0.05) is 19.2 Å². The van der Waals surface area contributed by atoms with E-state index in [-0.39, 0.29) is 11.3 Å². The zero-order valence-corrected chi connectivity index (χ0v) is 15.8. The smallest absolute Gasteiger partial charge is 0.145 e. The first-order chi connectivity index (χ1) is 13.5. The van der Waals surface area contributed by atoms with Gasteiger partial charge >= 0.3 is 0 Å². The summed E-state index contributed by atoms with van der Waals surface area (Å²) in [5.74, 6) is -0.282. The molecule has 28 heavy (non-hydrogen) atoms. The Labute approximate surface area is 159 Å². The van der Waals surface area contributed by atoms with E-state index in [1.54, 1.807) is 42.7 Å². The second kappa shape index (κ2) is 6.63. The summed E-state index contributed by atoms with van der Waals surface area (Å²) in [5, 5.41) is 4.39. The van der Waals surface area contributed by atoms with Crippen molar-refractivity contribution in [3.63, 3.8) is 0 Å². The summed E-state index contributed by atoms with van der Waals surface area (Å²) >= 11 is 0. The van der Waals surface area contributed by atoms with Crippen molar-refractivity contribution in [2.75, 3.05) is 14.2 Å². The molecule has 144 valence electrons. The number of methoxy groups -OCH3 is 2. The van der Waals surface area contributed by atoms with Crippen molar-refractivity contribution in [2.45, 2.75) is 6.92 Å². The van der Waals surface area contributed by atoms with Crippen LogP contribution in [-0.4, -0.2) is 33.6 Å². The molecule has 2 heterocycles. The topological polar surface area (TPSA) is 54.1 Å². The minimum absolute atomic E-state index is 0.108. The fourth-order valence-electron chi connectivity index (χ4n) is 3.48. The first-order valence-electron chi connectivity index (χ1n) is 8.53. The summed E-state index contributed by atoms with van der Waals surface area (Å²) in [6, 6.07) is 7.78. The fourth-order valence-corrected chi connectivity index (χ4v) is 3.48. The molecule has 2 aromatic heterocycles. The maximum absolute atomic E-state index is 14.8. The maximum Gasteiger partial charge on any atom is 0.145 e. The predicted molar refractivity (Wildman–Crippen MR) is 101 cm³/mol. The fraction of sp³-hybridized carbons (Fsp3) is 0.200. The number of rotatable bonds is 4. The Hall–Kier alpha value is -3.42. The molecular formula is C20H18F2N4O2. The van der Waals surface area contributed by atoms with Gasteiger partial charge in [0.1, 0.15) is 40.8 Å². The minimum atomic E-state index is -0.731. The van der Waals surface area contributed by atoms with E-state index in [1.807, 2.05) is 12.1 Å². The number of para-hydroxylation sites is 1. The molecule has 4 aromatic rings. The standard InChI is InChI=1S/C20H18F2N4O2/c1-11-17(18-13(21)8-12(27-3)9-14(18)22)20(25(2)24-11)26-10-23-15-6-5-7-16(28-4)19(15)26/h5-10H,1-4H3. The number of benzene rings is 2. The minimum Gasteiger partial charge on any atom is -0.497 e. The molecule has 0 spiro atoms. The molecular weight excluding hydrogens is 366 g/mol. The van der Waals surface area contributed by atoms with Gasteiger partial charge in [-0.05, 0) is 19.1 Å². The Balaban J connectivity index is 2.06. The Bertz CT molecular complexity index is 1170. The summed E-state index contributed by atoms with van der Waals surface area (Å²) in [7, 11) is 4.63. The van der Waals surface area contributed by atoms with Gasteiger partial charge in [-0.15, -0.1) is 0 Å². The zero-order chi connectivity index (χ0) is 20.0. The van der Waals surface area contributed by atoms with Crippen LogP contribution in [0.1, 0.15) is 5.69 Å². The molecule has 0 aliphatic carbocycles. The summed E-state index contributed by atoms with van der Waals surface area (Å²) < 4.78 is 43.4. The Morgan fingerprint density at radius 2 is 1.71 bits per heavy atom. The summed E-state index contributed by atoms with van der Waals surface area (Å²) in [4.78, 5) is 4.40. The van der Waals surface area contributed by atoms with Gasteiger partial charge < -0.3 is 9.47 Å². The zero-order valence-electron chi connectivity index (χ0n) is 15.8. The molecule has 2 aromatic carbocycles. The molecule has 4 rings (SSSR count). The number of halogens is 2. The number of ether oxygens (including phenoxy) is 2. The average Bonchev–Trinajstić information content (AvgIpc) is 3.21. The molecule has 0 unspecified atom stereocenters. The Morgan fingerprint density at radius 3 is 2.36 bits per heavy atom. The Morgan fingerprint density at radius 1 is 1.00 bits per heavy atom. The number of hydrogen-bond acceptors (Lipinski definition) is 4. The molecule has 8 heteroatoms. The molecule has 0 atom stereocenters. The first kappa shape index (κ1) is 18.0. The second-order valence-corrected chi connectivity index (χ2v) is 6.32. The highest BCUT2D eigenvalue weighted by molar-refractivity contribution is 5.86. The molecule has 0 amide bonds. The number of fused-ring (bicyclic) bond motifs is 1. The quantitative estimate of drug-likeness (QED) is 0.533. The molecule has 0 fully saturated rings. The largest absolute Gasteiger partial charge is 0.497 e. The summed E-state index contributed by atoms with van der Waals surface area (Å²) in [5.41, 5.74) is 2.03. The van der Waals surface area contributed by atoms with E-state index in [0.29, 0.717) is 33.9 Å². The van der Waals surface area contributed by atoms with Gasteiger partial charge in [-0.3, -0.25) is 9.25 Å². The normalized spacial score (nSPS) is 11.2. The van der Waals surface area contributed by atoms with Crippen LogP contribution in [0, 0.1) is 18.6 Å². The third-order valence-corrected chi connectivity index (χ3v) is 4.67. The summed E-state index contributed by atoms with van der Waals surface area (Å²) in [6.45, 7) is 1.71. The number of aryl methyl sites for hydroxylation is 2. The van der Waals surface area contributed by atoms with Crippen molar-refractivity contribution >= 4 is 11.0 Å². The van der Waals surface area contributed by atoms with Gasteiger partial charge in [-0.25, -0.2) is 13.8 Å². The van der Waals surface area contributed by atoms with Crippen LogP contribution in [-0.2, 0) is 7.05 Å². The van der Waals surface area contributed by atoms with Crippen LogP contribution in [0.5, 0.6) is 11.5 Å². The van der Waals surface area contributed by atoms with Crippen molar-refractivity contribution in [3.8, 4) is 28.4 Å². The predicted octanol–water partition coefficient (Wildman–Crippen LogP) is 4.03.